The zero-order valence-electron chi connectivity index (χ0n) is 11.4. The highest BCUT2D eigenvalue weighted by Gasteiger charge is 2.28. The van der Waals surface area contributed by atoms with Crippen molar-refractivity contribution < 1.29 is 9.72 Å². The van der Waals surface area contributed by atoms with Crippen molar-refractivity contribution in [1.29, 1.82) is 0 Å². The van der Waals surface area contributed by atoms with Crippen LogP contribution in [0.2, 0.25) is 0 Å². The van der Waals surface area contributed by atoms with Crippen molar-refractivity contribution >= 4 is 24.0 Å². The molecule has 1 aliphatic heterocycles. The van der Waals surface area contributed by atoms with E-state index in [0.29, 0.717) is 6.54 Å². The maximum absolute atomic E-state index is 12.2. The van der Waals surface area contributed by atoms with Crippen LogP contribution in [0, 0.1) is 10.1 Å². The molecule has 2 heterocycles. The molecule has 0 aromatic carbocycles. The van der Waals surface area contributed by atoms with Gasteiger partial charge in [-0.2, -0.15) is 5.10 Å². The third-order valence-corrected chi connectivity index (χ3v) is 3.48. The van der Waals surface area contributed by atoms with Gasteiger partial charge in [-0.15, -0.1) is 12.4 Å². The molecule has 112 valence electrons. The van der Waals surface area contributed by atoms with Crippen molar-refractivity contribution in [3.05, 3.63) is 22.5 Å². The summed E-state index contributed by atoms with van der Waals surface area (Å²) in [4.78, 5) is 24.0. The zero-order valence-corrected chi connectivity index (χ0v) is 12.2. The van der Waals surface area contributed by atoms with Crippen LogP contribution in [0.1, 0.15) is 13.8 Å². The number of piperazine rings is 1. The van der Waals surface area contributed by atoms with E-state index in [-0.39, 0.29) is 42.6 Å². The lowest BCUT2D eigenvalue weighted by atomic mass is 10.1. The van der Waals surface area contributed by atoms with Gasteiger partial charge >= 0.3 is 5.69 Å². The Morgan fingerprint density at radius 1 is 1.60 bits per heavy atom. The molecule has 0 radical (unpaired) electrons. The fraction of sp³-hybridized carbons (Fsp3) is 0.636. The first kappa shape index (κ1) is 16.4. The van der Waals surface area contributed by atoms with Gasteiger partial charge in [0.15, 0.2) is 0 Å². The molecule has 1 fully saturated rings. The summed E-state index contributed by atoms with van der Waals surface area (Å²) in [5.41, 5.74) is -0.102. The summed E-state index contributed by atoms with van der Waals surface area (Å²) in [7, 11) is 0. The monoisotopic (exact) mass is 303 g/mol. The molecule has 9 heteroatoms. The molecule has 2 unspecified atom stereocenters. The largest absolute Gasteiger partial charge is 0.336 e. The Hall–Kier alpha value is -1.67. The van der Waals surface area contributed by atoms with Gasteiger partial charge in [-0.3, -0.25) is 19.6 Å². The van der Waals surface area contributed by atoms with Crippen molar-refractivity contribution in [2.75, 3.05) is 13.1 Å². The predicted molar refractivity (Wildman–Crippen MR) is 74.8 cm³/mol. The van der Waals surface area contributed by atoms with E-state index < -0.39 is 4.92 Å². The van der Waals surface area contributed by atoms with Crippen molar-refractivity contribution in [2.45, 2.75) is 32.5 Å². The van der Waals surface area contributed by atoms with Gasteiger partial charge in [0.05, 0.1) is 4.92 Å². The van der Waals surface area contributed by atoms with Gasteiger partial charge in [0.1, 0.15) is 18.9 Å². The number of aromatic nitrogens is 2. The van der Waals surface area contributed by atoms with Crippen LogP contribution in [0.3, 0.4) is 0 Å². The number of rotatable bonds is 3. The standard InChI is InChI=1S/C11H17N5O3.ClH/c1-8-9(2)15(4-3-12-8)11(17)7-14-6-10(5-13-14)16(18)19;/h5-6,8-9,12H,3-4,7H2,1-2H3;1H. The van der Waals surface area contributed by atoms with Gasteiger partial charge in [-0.05, 0) is 13.8 Å². The summed E-state index contributed by atoms with van der Waals surface area (Å²) in [6.45, 7) is 5.46. The summed E-state index contributed by atoms with van der Waals surface area (Å²) >= 11 is 0. The molecule has 2 rings (SSSR count). The van der Waals surface area contributed by atoms with Gasteiger partial charge in [-0.1, -0.05) is 0 Å². The molecule has 0 aliphatic carbocycles. The molecule has 20 heavy (non-hydrogen) atoms. The average Bonchev–Trinajstić information content (AvgIpc) is 2.81. The molecule has 0 saturated carbocycles. The topological polar surface area (TPSA) is 93.3 Å². The van der Waals surface area contributed by atoms with Crippen LogP contribution in [0.4, 0.5) is 5.69 Å². The fourth-order valence-electron chi connectivity index (χ4n) is 2.17. The van der Waals surface area contributed by atoms with E-state index in [4.69, 9.17) is 0 Å². The van der Waals surface area contributed by atoms with E-state index in [0.717, 1.165) is 12.7 Å². The smallest absolute Gasteiger partial charge is 0.307 e. The average molecular weight is 304 g/mol. The molecule has 0 spiro atoms. The summed E-state index contributed by atoms with van der Waals surface area (Å²) < 4.78 is 1.31. The molecule has 1 aromatic rings. The minimum Gasteiger partial charge on any atom is -0.336 e. The molecular formula is C11H18ClN5O3. The van der Waals surface area contributed by atoms with Crippen LogP contribution in [0.15, 0.2) is 12.4 Å². The van der Waals surface area contributed by atoms with Crippen LogP contribution in [0.25, 0.3) is 0 Å². The number of nitrogens with zero attached hydrogens (tertiary/aromatic N) is 4. The SMILES string of the molecule is CC1NCCN(C(=O)Cn2cc([N+](=O)[O-])cn2)C1C.Cl. The van der Waals surface area contributed by atoms with E-state index in [9.17, 15) is 14.9 Å². The van der Waals surface area contributed by atoms with Gasteiger partial charge in [0.2, 0.25) is 5.91 Å². The predicted octanol–water partition coefficient (Wildman–Crippen LogP) is 0.422. The Bertz CT molecular complexity index is 492. The number of nitrogens with one attached hydrogen (secondary N) is 1. The first-order chi connectivity index (χ1) is 8.99. The molecule has 8 nitrogen and oxygen atoms in total. The molecule has 1 amide bonds. The first-order valence-electron chi connectivity index (χ1n) is 6.18. The van der Waals surface area contributed by atoms with Gasteiger partial charge < -0.3 is 10.2 Å². The van der Waals surface area contributed by atoms with E-state index in [1.54, 1.807) is 4.90 Å². The minimum absolute atomic E-state index is 0. The molecule has 1 saturated heterocycles. The van der Waals surface area contributed by atoms with Crippen LogP contribution in [-0.4, -0.2) is 50.7 Å². The number of amides is 1. The van der Waals surface area contributed by atoms with E-state index in [2.05, 4.69) is 10.4 Å². The van der Waals surface area contributed by atoms with E-state index in [1.807, 2.05) is 13.8 Å². The second kappa shape index (κ2) is 6.67. The number of carbonyl (C=O) groups excluding carboxylic acids is 1. The molecule has 1 aliphatic rings. The van der Waals surface area contributed by atoms with Gasteiger partial charge in [0, 0.05) is 25.2 Å². The highest BCUT2D eigenvalue weighted by atomic mass is 35.5. The molecular weight excluding hydrogens is 286 g/mol. The molecule has 2 atom stereocenters. The lowest BCUT2D eigenvalue weighted by molar-refractivity contribution is -0.385. The van der Waals surface area contributed by atoms with Gasteiger partial charge in [0.25, 0.3) is 0 Å². The van der Waals surface area contributed by atoms with E-state index in [1.165, 1.54) is 10.9 Å². The summed E-state index contributed by atoms with van der Waals surface area (Å²) in [5.74, 6) is -0.0705. The highest BCUT2D eigenvalue weighted by molar-refractivity contribution is 5.85. The van der Waals surface area contributed by atoms with E-state index >= 15 is 0 Å². The van der Waals surface area contributed by atoms with Crippen LogP contribution < -0.4 is 5.32 Å². The van der Waals surface area contributed by atoms with Crippen molar-refractivity contribution in [1.82, 2.24) is 20.0 Å². The third kappa shape index (κ3) is 3.45. The summed E-state index contributed by atoms with van der Waals surface area (Å²) in [6, 6.07) is 0.344. The zero-order chi connectivity index (χ0) is 14.0. The first-order valence-corrected chi connectivity index (χ1v) is 6.18. The Balaban J connectivity index is 0.00000200. The lowest BCUT2D eigenvalue weighted by Gasteiger charge is -2.38. The van der Waals surface area contributed by atoms with Crippen LogP contribution >= 0.6 is 12.4 Å². The second-order valence-corrected chi connectivity index (χ2v) is 4.72. The maximum atomic E-state index is 12.2. The Morgan fingerprint density at radius 3 is 2.90 bits per heavy atom. The number of nitro groups is 1. The van der Waals surface area contributed by atoms with Crippen molar-refractivity contribution in [2.24, 2.45) is 0 Å². The highest BCUT2D eigenvalue weighted by Crippen LogP contribution is 2.11. The minimum atomic E-state index is -0.524. The maximum Gasteiger partial charge on any atom is 0.307 e. The number of hydrogen-bond donors (Lipinski definition) is 1. The second-order valence-electron chi connectivity index (χ2n) is 4.72. The van der Waals surface area contributed by atoms with Crippen molar-refractivity contribution in [3.8, 4) is 0 Å². The molecule has 1 N–H and O–H groups in total. The van der Waals surface area contributed by atoms with Crippen LogP contribution in [-0.2, 0) is 11.3 Å². The Kier molecular flexibility index (Phi) is 5.46. The fourth-order valence-corrected chi connectivity index (χ4v) is 2.17. The lowest BCUT2D eigenvalue weighted by Crippen LogP contribution is -2.57. The Morgan fingerprint density at radius 2 is 2.30 bits per heavy atom. The molecule has 0 bridgehead atoms. The quantitative estimate of drug-likeness (QED) is 0.645. The van der Waals surface area contributed by atoms with Gasteiger partial charge in [-0.25, -0.2) is 0 Å². The normalized spacial score (nSPS) is 22.2. The number of carbonyl (C=O) groups is 1. The summed E-state index contributed by atoms with van der Waals surface area (Å²) in [6.07, 6.45) is 2.42. The number of hydrogen-bond acceptors (Lipinski definition) is 5. The van der Waals surface area contributed by atoms with Crippen molar-refractivity contribution in [3.63, 3.8) is 0 Å². The Labute approximate surface area is 122 Å². The molecule has 1 aromatic heterocycles. The third-order valence-electron chi connectivity index (χ3n) is 3.48. The summed E-state index contributed by atoms with van der Waals surface area (Å²) in [5, 5.41) is 17.7. The van der Waals surface area contributed by atoms with Crippen LogP contribution in [0.5, 0.6) is 0 Å². The number of halogens is 1.